The third-order valence-electron chi connectivity index (χ3n) is 3.28. The zero-order valence-corrected chi connectivity index (χ0v) is 13.2. The third kappa shape index (κ3) is 3.94. The van der Waals surface area contributed by atoms with Gasteiger partial charge in [-0.05, 0) is 12.5 Å². The summed E-state index contributed by atoms with van der Waals surface area (Å²) in [5.41, 5.74) is 0.264. The van der Waals surface area contributed by atoms with Crippen LogP contribution in [0.4, 0.5) is 11.4 Å². The van der Waals surface area contributed by atoms with Crippen LogP contribution >= 0.6 is 0 Å². The highest BCUT2D eigenvalue weighted by Crippen LogP contribution is 2.28. The Morgan fingerprint density at radius 3 is 2.75 bits per heavy atom. The van der Waals surface area contributed by atoms with Crippen LogP contribution in [0.3, 0.4) is 0 Å². The molecule has 9 nitrogen and oxygen atoms in total. The van der Waals surface area contributed by atoms with Crippen molar-refractivity contribution in [2.24, 2.45) is 0 Å². The second kappa shape index (κ2) is 7.36. The molecule has 24 heavy (non-hydrogen) atoms. The number of benzene rings is 1. The number of amides is 1. The number of nitrogens with zero attached hydrogens (tertiary/aromatic N) is 3. The number of nitro benzene ring substituents is 1. The highest BCUT2D eigenvalue weighted by atomic mass is 16.6. The Morgan fingerprint density at radius 1 is 1.42 bits per heavy atom. The fourth-order valence-electron chi connectivity index (χ4n) is 2.03. The molecule has 0 aliphatic carbocycles. The van der Waals surface area contributed by atoms with Crippen LogP contribution in [-0.2, 0) is 17.8 Å². The minimum absolute atomic E-state index is 0.155. The van der Waals surface area contributed by atoms with E-state index in [4.69, 9.17) is 4.74 Å². The number of anilines is 1. The van der Waals surface area contributed by atoms with Crippen LogP contribution in [0, 0.1) is 10.1 Å². The van der Waals surface area contributed by atoms with Gasteiger partial charge in [0.15, 0.2) is 0 Å². The summed E-state index contributed by atoms with van der Waals surface area (Å²) in [6.07, 6.45) is 1.92. The van der Waals surface area contributed by atoms with Crippen molar-refractivity contribution in [2.75, 3.05) is 12.4 Å². The standard InChI is InChI=1S/C15H16N4O5/c1-3-10-6-15(21)18(9-16-10)8-14(20)17-12-7-11(19(22)23)4-5-13(12)24-2/h4-7,9H,3,8H2,1-2H3,(H,17,20). The van der Waals surface area contributed by atoms with Crippen LogP contribution in [0.25, 0.3) is 0 Å². The molecule has 1 amide bonds. The van der Waals surface area contributed by atoms with Crippen molar-refractivity contribution in [3.63, 3.8) is 0 Å². The molecule has 0 aliphatic heterocycles. The number of hydrogen-bond donors (Lipinski definition) is 1. The van der Waals surface area contributed by atoms with E-state index in [1.54, 1.807) is 0 Å². The molecule has 1 aromatic heterocycles. The lowest BCUT2D eigenvalue weighted by Crippen LogP contribution is -2.28. The molecule has 0 aliphatic rings. The molecule has 9 heteroatoms. The first kappa shape index (κ1) is 17.1. The first-order valence-corrected chi connectivity index (χ1v) is 7.12. The maximum Gasteiger partial charge on any atom is 0.271 e. The maximum absolute atomic E-state index is 12.1. The van der Waals surface area contributed by atoms with E-state index < -0.39 is 10.8 Å². The van der Waals surface area contributed by atoms with Crippen molar-refractivity contribution in [3.05, 3.63) is 56.8 Å². The second-order valence-corrected chi connectivity index (χ2v) is 4.89. The average Bonchev–Trinajstić information content (AvgIpc) is 2.56. The van der Waals surface area contributed by atoms with E-state index in [0.717, 1.165) is 4.57 Å². The number of ether oxygens (including phenoxy) is 1. The summed E-state index contributed by atoms with van der Waals surface area (Å²) in [7, 11) is 1.38. The van der Waals surface area contributed by atoms with Gasteiger partial charge in [-0.15, -0.1) is 0 Å². The highest BCUT2D eigenvalue weighted by Gasteiger charge is 2.14. The zero-order valence-electron chi connectivity index (χ0n) is 13.2. The van der Waals surface area contributed by atoms with Gasteiger partial charge in [-0.25, -0.2) is 4.98 Å². The van der Waals surface area contributed by atoms with Gasteiger partial charge in [0.1, 0.15) is 12.3 Å². The Morgan fingerprint density at radius 2 is 2.17 bits per heavy atom. The molecule has 0 fully saturated rings. The molecule has 0 saturated heterocycles. The first-order valence-electron chi connectivity index (χ1n) is 7.12. The summed E-state index contributed by atoms with van der Waals surface area (Å²) in [6, 6.07) is 5.21. The topological polar surface area (TPSA) is 116 Å². The number of carbonyl (C=O) groups excluding carboxylic acids is 1. The van der Waals surface area contributed by atoms with Crippen molar-refractivity contribution in [3.8, 4) is 5.75 Å². The van der Waals surface area contributed by atoms with Crippen molar-refractivity contribution >= 4 is 17.3 Å². The molecule has 126 valence electrons. The number of methoxy groups -OCH3 is 1. The molecule has 0 saturated carbocycles. The van der Waals surface area contributed by atoms with E-state index >= 15 is 0 Å². The normalized spacial score (nSPS) is 10.2. The van der Waals surface area contributed by atoms with E-state index in [-0.39, 0.29) is 29.2 Å². The highest BCUT2D eigenvalue weighted by molar-refractivity contribution is 5.92. The van der Waals surface area contributed by atoms with E-state index in [9.17, 15) is 19.7 Å². The quantitative estimate of drug-likeness (QED) is 0.630. The average molecular weight is 332 g/mol. The van der Waals surface area contributed by atoms with Gasteiger partial charge in [-0.1, -0.05) is 6.92 Å². The van der Waals surface area contributed by atoms with Crippen LogP contribution in [0.5, 0.6) is 5.75 Å². The lowest BCUT2D eigenvalue weighted by Gasteiger charge is -2.11. The predicted octanol–water partition coefficient (Wildman–Crippen LogP) is 1.36. The van der Waals surface area contributed by atoms with Crippen LogP contribution in [0.15, 0.2) is 35.4 Å². The molecule has 0 radical (unpaired) electrons. The lowest BCUT2D eigenvalue weighted by atomic mass is 10.2. The van der Waals surface area contributed by atoms with Gasteiger partial charge in [0.25, 0.3) is 11.2 Å². The fraction of sp³-hybridized carbons (Fsp3) is 0.267. The summed E-state index contributed by atoms with van der Waals surface area (Å²) in [5.74, 6) is -0.248. The summed E-state index contributed by atoms with van der Waals surface area (Å²) in [6.45, 7) is 1.61. The fourth-order valence-corrected chi connectivity index (χ4v) is 2.03. The Labute approximate surface area is 137 Å². The number of nitrogens with one attached hydrogen (secondary N) is 1. The van der Waals surface area contributed by atoms with Crippen LogP contribution < -0.4 is 15.6 Å². The number of non-ortho nitro benzene ring substituents is 1. The molecule has 0 bridgehead atoms. The third-order valence-corrected chi connectivity index (χ3v) is 3.28. The van der Waals surface area contributed by atoms with E-state index in [2.05, 4.69) is 10.3 Å². The van der Waals surface area contributed by atoms with Gasteiger partial charge < -0.3 is 10.1 Å². The van der Waals surface area contributed by atoms with E-state index in [1.807, 2.05) is 6.92 Å². The molecule has 2 rings (SSSR count). The summed E-state index contributed by atoms with van der Waals surface area (Å²) < 4.78 is 6.22. The van der Waals surface area contributed by atoms with Crippen LogP contribution in [0.1, 0.15) is 12.6 Å². The summed E-state index contributed by atoms with van der Waals surface area (Å²) in [5, 5.41) is 13.3. The Kier molecular flexibility index (Phi) is 5.25. The number of aromatic nitrogens is 2. The minimum atomic E-state index is -0.576. The van der Waals surface area contributed by atoms with Gasteiger partial charge in [-0.3, -0.25) is 24.3 Å². The number of aryl methyl sites for hydroxylation is 1. The van der Waals surface area contributed by atoms with Gasteiger partial charge in [0.05, 0.1) is 24.0 Å². The Balaban J connectivity index is 2.19. The van der Waals surface area contributed by atoms with E-state index in [1.165, 1.54) is 37.7 Å². The SMILES string of the molecule is CCc1cc(=O)n(CC(=O)Nc2cc([N+](=O)[O-])ccc2OC)cn1. The molecular weight excluding hydrogens is 316 g/mol. The molecule has 0 spiro atoms. The largest absolute Gasteiger partial charge is 0.495 e. The summed E-state index contributed by atoms with van der Waals surface area (Å²) >= 11 is 0. The van der Waals surface area contributed by atoms with Gasteiger partial charge in [-0.2, -0.15) is 0 Å². The second-order valence-electron chi connectivity index (χ2n) is 4.89. The number of nitro groups is 1. The molecule has 0 atom stereocenters. The van der Waals surface area contributed by atoms with Gasteiger partial charge >= 0.3 is 0 Å². The predicted molar refractivity (Wildman–Crippen MR) is 86.2 cm³/mol. The van der Waals surface area contributed by atoms with Crippen LogP contribution in [-0.4, -0.2) is 27.5 Å². The number of rotatable bonds is 6. The number of carbonyl (C=O) groups is 1. The monoisotopic (exact) mass is 332 g/mol. The smallest absolute Gasteiger partial charge is 0.271 e. The molecule has 0 unspecified atom stereocenters. The van der Waals surface area contributed by atoms with Crippen molar-refractivity contribution < 1.29 is 14.5 Å². The van der Waals surface area contributed by atoms with Crippen LogP contribution in [0.2, 0.25) is 0 Å². The molecule has 1 heterocycles. The van der Waals surface area contributed by atoms with Crippen molar-refractivity contribution in [1.82, 2.24) is 9.55 Å². The molecular formula is C15H16N4O5. The van der Waals surface area contributed by atoms with Crippen molar-refractivity contribution in [2.45, 2.75) is 19.9 Å². The first-order chi connectivity index (χ1) is 11.4. The van der Waals surface area contributed by atoms with E-state index in [0.29, 0.717) is 12.1 Å². The zero-order chi connectivity index (χ0) is 17.7. The molecule has 1 aromatic carbocycles. The van der Waals surface area contributed by atoms with Crippen molar-refractivity contribution in [1.29, 1.82) is 0 Å². The Bertz CT molecular complexity index is 831. The Hall–Kier alpha value is -3.23. The van der Waals surface area contributed by atoms with Gasteiger partial charge in [0, 0.05) is 23.9 Å². The maximum atomic E-state index is 12.1. The minimum Gasteiger partial charge on any atom is -0.495 e. The molecule has 1 N–H and O–H groups in total. The summed E-state index contributed by atoms with van der Waals surface area (Å²) in [4.78, 5) is 38.3. The van der Waals surface area contributed by atoms with Gasteiger partial charge in [0.2, 0.25) is 5.91 Å². The molecule has 2 aromatic rings. The lowest BCUT2D eigenvalue weighted by molar-refractivity contribution is -0.384. The number of hydrogen-bond acceptors (Lipinski definition) is 6.